The molecule has 0 saturated heterocycles. The van der Waals surface area contributed by atoms with E-state index in [0.717, 1.165) is 26.4 Å². The molecule has 150 valence electrons. The summed E-state index contributed by atoms with van der Waals surface area (Å²) in [6.45, 7) is 0.418. The monoisotopic (exact) mass is 433 g/mol. The fourth-order valence-corrected chi connectivity index (χ4v) is 5.35. The molecule has 4 aromatic rings. The van der Waals surface area contributed by atoms with Crippen LogP contribution in [0.15, 0.2) is 77.5 Å². The Morgan fingerprint density at radius 1 is 1.00 bits per heavy atom. The fraction of sp³-hybridized carbons (Fsp3) is 0.125. The van der Waals surface area contributed by atoms with Gasteiger partial charge in [-0.3, -0.25) is 4.79 Å². The molecule has 1 aliphatic rings. The van der Waals surface area contributed by atoms with E-state index < -0.39 is 12.0 Å². The summed E-state index contributed by atoms with van der Waals surface area (Å²) in [4.78, 5) is 15.1. The minimum absolute atomic E-state index is 0.0634. The number of amides is 1. The van der Waals surface area contributed by atoms with E-state index in [1.54, 1.807) is 11.3 Å². The molecule has 0 saturated carbocycles. The van der Waals surface area contributed by atoms with Gasteiger partial charge in [0, 0.05) is 20.9 Å². The Bertz CT molecular complexity index is 1140. The van der Waals surface area contributed by atoms with Crippen molar-refractivity contribution < 1.29 is 14.6 Å². The molecule has 0 radical (unpaired) electrons. The minimum Gasteiger partial charge on any atom is -0.457 e. The normalized spacial score (nSPS) is 13.8. The molecular formula is C24H19NO3S2. The van der Waals surface area contributed by atoms with E-state index in [9.17, 15) is 9.90 Å². The van der Waals surface area contributed by atoms with E-state index in [-0.39, 0.29) is 5.91 Å². The first-order chi connectivity index (χ1) is 14.7. The second kappa shape index (κ2) is 8.07. The number of carbonyl (C=O) groups is 1. The summed E-state index contributed by atoms with van der Waals surface area (Å²) >= 11 is 3.08. The highest BCUT2D eigenvalue weighted by Crippen LogP contribution is 2.44. The van der Waals surface area contributed by atoms with Crippen molar-refractivity contribution in [3.8, 4) is 11.5 Å². The van der Waals surface area contributed by atoms with Gasteiger partial charge in [-0.2, -0.15) is 11.3 Å². The maximum absolute atomic E-state index is 13.2. The highest BCUT2D eigenvalue weighted by atomic mass is 32.1. The predicted molar refractivity (Wildman–Crippen MR) is 119 cm³/mol. The smallest absolute Gasteiger partial charge is 0.232 e. The van der Waals surface area contributed by atoms with Crippen LogP contribution in [0.2, 0.25) is 0 Å². The van der Waals surface area contributed by atoms with Crippen molar-refractivity contribution in [1.29, 1.82) is 0 Å². The molecular weight excluding hydrogens is 414 g/mol. The molecule has 2 N–H and O–H groups in total. The molecule has 0 spiro atoms. The van der Waals surface area contributed by atoms with Crippen molar-refractivity contribution in [1.82, 2.24) is 5.32 Å². The zero-order valence-electron chi connectivity index (χ0n) is 15.9. The molecule has 0 aliphatic carbocycles. The van der Waals surface area contributed by atoms with Gasteiger partial charge >= 0.3 is 0 Å². The lowest BCUT2D eigenvalue weighted by molar-refractivity contribution is -0.122. The van der Waals surface area contributed by atoms with Crippen molar-refractivity contribution in [3.05, 3.63) is 104 Å². The fourth-order valence-electron chi connectivity index (χ4n) is 3.70. The highest BCUT2D eigenvalue weighted by Gasteiger charge is 2.32. The van der Waals surface area contributed by atoms with E-state index in [1.807, 2.05) is 77.5 Å². The van der Waals surface area contributed by atoms with Gasteiger partial charge in [0.25, 0.3) is 0 Å². The summed E-state index contributed by atoms with van der Waals surface area (Å²) in [5.41, 5.74) is 2.63. The number of fused-ring (bicyclic) bond motifs is 2. The maximum Gasteiger partial charge on any atom is 0.232 e. The number of thiophene rings is 2. The zero-order chi connectivity index (χ0) is 20.5. The number of carbonyl (C=O) groups excluding carboxylic acids is 1. The first kappa shape index (κ1) is 19.1. The number of nitrogens with one attached hydrogen (secondary N) is 1. The van der Waals surface area contributed by atoms with Crippen molar-refractivity contribution in [2.24, 2.45) is 0 Å². The first-order valence-electron chi connectivity index (χ1n) is 9.63. The molecule has 1 atom stereocenters. The van der Waals surface area contributed by atoms with Gasteiger partial charge in [0.2, 0.25) is 5.91 Å². The molecule has 4 nitrogen and oxygen atoms in total. The Labute approximate surface area is 182 Å². The minimum atomic E-state index is -0.625. The second-order valence-electron chi connectivity index (χ2n) is 7.09. The SMILES string of the molecule is O=C(NCc1ccc(C(O)c2ccsc2)s1)C1c2ccccc2Oc2ccccc21. The van der Waals surface area contributed by atoms with Gasteiger partial charge in [0.05, 0.1) is 12.5 Å². The highest BCUT2D eigenvalue weighted by molar-refractivity contribution is 7.12. The van der Waals surface area contributed by atoms with E-state index in [0.29, 0.717) is 18.0 Å². The average Bonchev–Trinajstić information content (AvgIpc) is 3.48. The van der Waals surface area contributed by atoms with E-state index in [4.69, 9.17) is 4.74 Å². The Hall–Kier alpha value is -2.93. The van der Waals surface area contributed by atoms with Crippen molar-refractivity contribution >= 4 is 28.6 Å². The quantitative estimate of drug-likeness (QED) is 0.440. The number of rotatable bonds is 5. The lowest BCUT2D eigenvalue weighted by Gasteiger charge is -2.27. The third-order valence-corrected chi connectivity index (χ3v) is 7.03. The van der Waals surface area contributed by atoms with Crippen LogP contribution in [0, 0.1) is 0 Å². The molecule has 2 aromatic heterocycles. The Kier molecular flexibility index (Phi) is 5.12. The summed E-state index contributed by atoms with van der Waals surface area (Å²) in [6.07, 6.45) is -0.625. The molecule has 30 heavy (non-hydrogen) atoms. The summed E-state index contributed by atoms with van der Waals surface area (Å²) in [5, 5.41) is 17.5. The van der Waals surface area contributed by atoms with Crippen LogP contribution in [0.3, 0.4) is 0 Å². The van der Waals surface area contributed by atoms with Crippen molar-refractivity contribution in [2.75, 3.05) is 0 Å². The molecule has 6 heteroatoms. The van der Waals surface area contributed by atoms with Crippen LogP contribution in [-0.4, -0.2) is 11.0 Å². The lowest BCUT2D eigenvalue weighted by Crippen LogP contribution is -2.31. The van der Waals surface area contributed by atoms with Crippen LogP contribution in [0.1, 0.15) is 38.5 Å². The third-order valence-electron chi connectivity index (χ3n) is 5.19. The number of hydrogen-bond donors (Lipinski definition) is 2. The number of benzene rings is 2. The van der Waals surface area contributed by atoms with Gasteiger partial charge < -0.3 is 15.2 Å². The number of para-hydroxylation sites is 2. The molecule has 0 bridgehead atoms. The number of aliphatic hydroxyl groups is 1. The largest absolute Gasteiger partial charge is 0.457 e. The van der Waals surface area contributed by atoms with Gasteiger partial charge in [0.1, 0.15) is 17.6 Å². The van der Waals surface area contributed by atoms with Gasteiger partial charge in [-0.05, 0) is 46.7 Å². The van der Waals surface area contributed by atoms with Crippen molar-refractivity contribution in [3.63, 3.8) is 0 Å². The molecule has 5 rings (SSSR count). The zero-order valence-corrected chi connectivity index (χ0v) is 17.6. The molecule has 1 aliphatic heterocycles. The van der Waals surface area contributed by atoms with Crippen LogP contribution in [0.5, 0.6) is 11.5 Å². The van der Waals surface area contributed by atoms with E-state index in [1.165, 1.54) is 11.3 Å². The summed E-state index contributed by atoms with van der Waals surface area (Å²) < 4.78 is 5.98. The number of aliphatic hydroxyl groups excluding tert-OH is 1. The van der Waals surface area contributed by atoms with Crippen LogP contribution in [-0.2, 0) is 11.3 Å². The topological polar surface area (TPSA) is 58.6 Å². The molecule has 3 heterocycles. The van der Waals surface area contributed by atoms with Gasteiger partial charge in [-0.25, -0.2) is 0 Å². The van der Waals surface area contributed by atoms with Crippen LogP contribution in [0.25, 0.3) is 0 Å². The summed E-state index contributed by atoms with van der Waals surface area (Å²) in [5.74, 6) is 0.954. The Balaban J connectivity index is 1.34. The lowest BCUT2D eigenvalue weighted by atomic mass is 9.87. The standard InChI is InChI=1S/C24H19NO3S2/c26-23(15-11-12-29-14-15)21-10-9-16(30-21)13-25-24(27)22-17-5-1-3-7-19(17)28-20-8-4-2-6-18(20)22/h1-12,14,22-23,26H,13H2,(H,25,27). The first-order valence-corrected chi connectivity index (χ1v) is 11.4. The van der Waals surface area contributed by atoms with Gasteiger partial charge in [0.15, 0.2) is 0 Å². The second-order valence-corrected chi connectivity index (χ2v) is 9.07. The van der Waals surface area contributed by atoms with E-state index >= 15 is 0 Å². The van der Waals surface area contributed by atoms with Crippen LogP contribution < -0.4 is 10.1 Å². The van der Waals surface area contributed by atoms with E-state index in [2.05, 4.69) is 5.32 Å². The summed E-state index contributed by atoms with van der Waals surface area (Å²) in [6, 6.07) is 21.1. The summed E-state index contributed by atoms with van der Waals surface area (Å²) in [7, 11) is 0. The van der Waals surface area contributed by atoms with Crippen molar-refractivity contribution in [2.45, 2.75) is 18.6 Å². The average molecular weight is 434 g/mol. The van der Waals surface area contributed by atoms with Gasteiger partial charge in [-0.1, -0.05) is 36.4 Å². The van der Waals surface area contributed by atoms with Crippen LogP contribution >= 0.6 is 22.7 Å². The number of hydrogen-bond acceptors (Lipinski definition) is 5. The van der Waals surface area contributed by atoms with Gasteiger partial charge in [-0.15, -0.1) is 11.3 Å². The van der Waals surface area contributed by atoms with Crippen LogP contribution in [0.4, 0.5) is 0 Å². The maximum atomic E-state index is 13.2. The third kappa shape index (κ3) is 3.54. The Morgan fingerprint density at radius 2 is 1.70 bits per heavy atom. The predicted octanol–water partition coefficient (Wildman–Crippen LogP) is 5.45. The Morgan fingerprint density at radius 3 is 2.37 bits per heavy atom. The molecule has 2 aromatic carbocycles. The molecule has 0 fully saturated rings. The number of ether oxygens (including phenoxy) is 1. The molecule has 1 amide bonds. The molecule has 1 unspecified atom stereocenters.